The van der Waals surface area contributed by atoms with Crippen LogP contribution in [0.3, 0.4) is 0 Å². The summed E-state index contributed by atoms with van der Waals surface area (Å²) in [6.07, 6.45) is 0. The fourth-order valence-corrected chi connectivity index (χ4v) is 14.9. The molecule has 0 rings (SSSR count). The zero-order valence-corrected chi connectivity index (χ0v) is 22.8. The van der Waals surface area contributed by atoms with E-state index in [1.807, 2.05) is 0 Å². The van der Waals surface area contributed by atoms with Crippen LogP contribution in [-0.4, -0.2) is 39.5 Å². The summed E-state index contributed by atoms with van der Waals surface area (Å²) in [5.41, 5.74) is -0.318. The Morgan fingerprint density at radius 3 is 0.741 bits per heavy atom. The zero-order valence-electron chi connectivity index (χ0n) is 20.8. The molecule has 0 bridgehead atoms. The molecule has 164 valence electrons. The van der Waals surface area contributed by atoms with Gasteiger partial charge >= 0.3 is 17.1 Å². The summed E-state index contributed by atoms with van der Waals surface area (Å²) < 4.78 is 26.9. The summed E-state index contributed by atoms with van der Waals surface area (Å²) in [4.78, 5) is 0. The van der Waals surface area contributed by atoms with E-state index in [-0.39, 0.29) is 22.4 Å². The monoisotopic (exact) mass is 420 g/mol. The van der Waals surface area contributed by atoms with Crippen molar-refractivity contribution in [1.29, 1.82) is 0 Å². The van der Waals surface area contributed by atoms with E-state index < -0.39 is 17.1 Å². The molecule has 0 aromatic rings. The first-order chi connectivity index (χ1) is 11.7. The lowest BCUT2D eigenvalue weighted by Crippen LogP contribution is -2.61. The van der Waals surface area contributed by atoms with Gasteiger partial charge in [-0.15, -0.1) is 0 Å². The molecule has 0 spiro atoms. The Balaban J connectivity index is 6.22. The summed E-state index contributed by atoms with van der Waals surface area (Å²) in [5, 5.41) is 0. The average molecular weight is 421 g/mol. The summed E-state index contributed by atoms with van der Waals surface area (Å²) in [6.45, 7) is 29.7. The Bertz CT molecular complexity index is 377. The molecule has 0 aromatic carbocycles. The molecule has 0 heterocycles. The van der Waals surface area contributed by atoms with Crippen molar-refractivity contribution in [1.82, 2.24) is 0 Å². The van der Waals surface area contributed by atoms with E-state index in [2.05, 4.69) is 96.9 Å². The van der Waals surface area contributed by atoms with E-state index in [1.54, 1.807) is 0 Å². The number of rotatable bonds is 8. The third kappa shape index (κ3) is 11.8. The van der Waals surface area contributed by atoms with Gasteiger partial charge in [0.2, 0.25) is 0 Å². The molecule has 6 heteroatoms. The first-order valence-electron chi connectivity index (χ1n) is 10.5. The smallest absolute Gasteiger partial charge is 0.340 e. The van der Waals surface area contributed by atoms with E-state index in [0.29, 0.717) is 0 Å². The molecule has 0 aliphatic carbocycles. The lowest BCUT2D eigenvalue weighted by atomic mass is 10.2. The molecular formula is C21H48O4Si2. The van der Waals surface area contributed by atoms with Crippen LogP contribution < -0.4 is 0 Å². The minimum atomic E-state index is -2.58. The Hall–Kier alpha value is 0.274. The van der Waals surface area contributed by atoms with Crippen molar-refractivity contribution in [3.8, 4) is 0 Å². The molecule has 0 unspecified atom stereocenters. The predicted octanol–water partition coefficient (Wildman–Crippen LogP) is 6.71. The molecule has 0 aliphatic rings. The number of hydrogen-bond donors (Lipinski definition) is 0. The molecule has 0 aromatic heterocycles. The predicted molar refractivity (Wildman–Crippen MR) is 121 cm³/mol. The van der Waals surface area contributed by atoms with Gasteiger partial charge in [0, 0.05) is 5.67 Å². The lowest BCUT2D eigenvalue weighted by molar-refractivity contribution is 0.000766. The third-order valence-corrected chi connectivity index (χ3v) is 14.0. The van der Waals surface area contributed by atoms with Gasteiger partial charge in [0.15, 0.2) is 0 Å². The van der Waals surface area contributed by atoms with Gasteiger partial charge in [0.05, 0.1) is 22.4 Å². The van der Waals surface area contributed by atoms with Crippen LogP contribution in [0.25, 0.3) is 0 Å². The standard InChI is InChI=1S/C21H48O4Si2/c1-15-26(22-18(3,4)5,23-19(6,7)8)17-27(16-2,24-20(9,10)11)25-21(12,13)14/h15-17H2,1-14H3. The maximum Gasteiger partial charge on any atom is 0.340 e. The van der Waals surface area contributed by atoms with E-state index in [9.17, 15) is 0 Å². The largest absolute Gasteiger partial charge is 0.389 e. The van der Waals surface area contributed by atoms with Crippen LogP contribution in [-0.2, 0) is 17.7 Å². The topological polar surface area (TPSA) is 36.9 Å². The van der Waals surface area contributed by atoms with Gasteiger partial charge in [0.25, 0.3) is 0 Å². The van der Waals surface area contributed by atoms with Crippen molar-refractivity contribution in [2.45, 2.75) is 137 Å². The van der Waals surface area contributed by atoms with Gasteiger partial charge in [-0.25, -0.2) is 0 Å². The van der Waals surface area contributed by atoms with Crippen molar-refractivity contribution in [3.05, 3.63) is 0 Å². The van der Waals surface area contributed by atoms with Crippen LogP contribution in [0, 0.1) is 0 Å². The minimum Gasteiger partial charge on any atom is -0.389 e. The quantitative estimate of drug-likeness (QED) is 0.409. The highest BCUT2D eigenvalue weighted by Crippen LogP contribution is 2.39. The molecule has 0 amide bonds. The fraction of sp³-hybridized carbons (Fsp3) is 1.00. The Morgan fingerprint density at radius 2 is 0.630 bits per heavy atom. The molecule has 0 radical (unpaired) electrons. The van der Waals surface area contributed by atoms with Crippen LogP contribution in [0.4, 0.5) is 0 Å². The highest BCUT2D eigenvalue weighted by atomic mass is 28.4. The van der Waals surface area contributed by atoms with E-state index in [4.69, 9.17) is 17.7 Å². The van der Waals surface area contributed by atoms with Crippen molar-refractivity contribution >= 4 is 17.1 Å². The molecule has 0 saturated carbocycles. The van der Waals surface area contributed by atoms with Gasteiger partial charge in [-0.2, -0.15) is 0 Å². The van der Waals surface area contributed by atoms with Gasteiger partial charge in [0.1, 0.15) is 0 Å². The maximum atomic E-state index is 6.73. The second kappa shape index (κ2) is 8.96. The lowest BCUT2D eigenvalue weighted by Gasteiger charge is -2.47. The van der Waals surface area contributed by atoms with Crippen LogP contribution in [0.1, 0.15) is 96.9 Å². The Morgan fingerprint density at radius 1 is 0.444 bits per heavy atom. The third-order valence-electron chi connectivity index (χ3n) is 3.58. The van der Waals surface area contributed by atoms with Crippen molar-refractivity contribution < 1.29 is 17.7 Å². The van der Waals surface area contributed by atoms with Crippen LogP contribution >= 0.6 is 0 Å². The molecule has 4 nitrogen and oxygen atoms in total. The van der Waals surface area contributed by atoms with Crippen LogP contribution in [0.5, 0.6) is 0 Å². The number of hydrogen-bond acceptors (Lipinski definition) is 4. The summed E-state index contributed by atoms with van der Waals surface area (Å²) in [7, 11) is -5.17. The maximum absolute atomic E-state index is 6.73. The fourth-order valence-electron chi connectivity index (χ4n) is 3.37. The average Bonchev–Trinajstić information content (AvgIpc) is 2.29. The van der Waals surface area contributed by atoms with E-state index in [0.717, 1.165) is 17.8 Å². The van der Waals surface area contributed by atoms with Crippen molar-refractivity contribution in [2.75, 3.05) is 0 Å². The first-order valence-corrected chi connectivity index (χ1v) is 14.9. The second-order valence-corrected chi connectivity index (χ2v) is 18.9. The molecule has 27 heavy (non-hydrogen) atoms. The van der Waals surface area contributed by atoms with Crippen molar-refractivity contribution in [3.63, 3.8) is 0 Å². The van der Waals surface area contributed by atoms with Gasteiger partial charge in [-0.3, -0.25) is 0 Å². The van der Waals surface area contributed by atoms with Crippen LogP contribution in [0.2, 0.25) is 17.8 Å². The SMILES string of the molecule is CC[Si](C[Si](CC)(OC(C)(C)C)OC(C)(C)C)(OC(C)(C)C)OC(C)(C)C. The van der Waals surface area contributed by atoms with Gasteiger partial charge < -0.3 is 17.7 Å². The summed E-state index contributed by atoms with van der Waals surface area (Å²) in [6, 6.07) is 1.74. The highest BCUT2D eigenvalue weighted by molar-refractivity contribution is 6.86. The first kappa shape index (κ1) is 27.3. The van der Waals surface area contributed by atoms with Crippen molar-refractivity contribution in [2.24, 2.45) is 0 Å². The summed E-state index contributed by atoms with van der Waals surface area (Å²) in [5.74, 6) is 0. The molecule has 0 N–H and O–H groups in total. The zero-order chi connectivity index (χ0) is 21.9. The summed E-state index contributed by atoms with van der Waals surface area (Å²) >= 11 is 0. The molecule has 0 saturated heterocycles. The van der Waals surface area contributed by atoms with E-state index >= 15 is 0 Å². The molecule has 0 fully saturated rings. The molecule has 0 aliphatic heterocycles. The van der Waals surface area contributed by atoms with E-state index in [1.165, 1.54) is 0 Å². The Kier molecular flexibility index (Phi) is 9.05. The normalized spacial score (nSPS) is 15.3. The van der Waals surface area contributed by atoms with Gasteiger partial charge in [-0.05, 0) is 95.2 Å². The molecular weight excluding hydrogens is 372 g/mol. The molecule has 0 atom stereocenters. The Labute approximate surface area is 172 Å². The minimum absolute atomic E-state index is 0.273. The van der Waals surface area contributed by atoms with Gasteiger partial charge in [-0.1, -0.05) is 13.8 Å². The van der Waals surface area contributed by atoms with Crippen LogP contribution in [0.15, 0.2) is 0 Å². The second-order valence-electron chi connectivity index (χ2n) is 11.6. The highest BCUT2D eigenvalue weighted by Gasteiger charge is 2.55.